The molecule has 122 valence electrons. The number of methoxy groups -OCH3 is 2. The summed E-state index contributed by atoms with van der Waals surface area (Å²) in [6, 6.07) is 4.82. The number of benzene rings is 1. The lowest BCUT2D eigenvalue weighted by atomic mass is 10.2. The number of esters is 1. The molecule has 1 fully saturated rings. The van der Waals surface area contributed by atoms with Crippen molar-refractivity contribution in [2.75, 3.05) is 40.5 Å². The molecule has 1 aromatic carbocycles. The maximum atomic E-state index is 11.5. The highest BCUT2D eigenvalue weighted by Gasteiger charge is 2.17. The number of hydrogen-bond donors (Lipinski definition) is 1. The molecule has 0 radical (unpaired) electrons. The van der Waals surface area contributed by atoms with Crippen molar-refractivity contribution < 1.29 is 24.1 Å². The highest BCUT2D eigenvalue weighted by Crippen LogP contribution is 2.28. The van der Waals surface area contributed by atoms with Gasteiger partial charge in [0.15, 0.2) is 11.5 Å². The average molecular weight is 309 g/mol. The van der Waals surface area contributed by atoms with Crippen LogP contribution in [0.2, 0.25) is 0 Å². The smallest absolute Gasteiger partial charge is 0.337 e. The van der Waals surface area contributed by atoms with E-state index in [1.807, 2.05) is 0 Å². The van der Waals surface area contributed by atoms with E-state index in [9.17, 15) is 9.90 Å². The molecule has 6 nitrogen and oxygen atoms in total. The van der Waals surface area contributed by atoms with Crippen LogP contribution in [0.1, 0.15) is 23.2 Å². The van der Waals surface area contributed by atoms with E-state index in [4.69, 9.17) is 9.47 Å². The molecule has 0 aromatic heterocycles. The number of carbonyl (C=O) groups excluding carboxylic acids is 1. The summed E-state index contributed by atoms with van der Waals surface area (Å²) in [5.74, 6) is 0.505. The number of aliphatic hydroxyl groups excluding tert-OH is 1. The maximum Gasteiger partial charge on any atom is 0.337 e. The second kappa shape index (κ2) is 8.00. The van der Waals surface area contributed by atoms with Crippen LogP contribution in [0.3, 0.4) is 0 Å². The minimum Gasteiger partial charge on any atom is -0.493 e. The Kier molecular flexibility index (Phi) is 6.03. The van der Waals surface area contributed by atoms with Crippen molar-refractivity contribution in [3.05, 3.63) is 23.8 Å². The molecule has 1 aliphatic heterocycles. The first kappa shape index (κ1) is 16.6. The maximum absolute atomic E-state index is 11.5. The molecule has 1 saturated heterocycles. The first-order valence-corrected chi connectivity index (χ1v) is 7.43. The Morgan fingerprint density at radius 2 is 2.00 bits per heavy atom. The van der Waals surface area contributed by atoms with Gasteiger partial charge in [0.1, 0.15) is 12.7 Å². The zero-order valence-electron chi connectivity index (χ0n) is 13.1. The van der Waals surface area contributed by atoms with E-state index in [0.29, 0.717) is 23.6 Å². The van der Waals surface area contributed by atoms with Crippen LogP contribution in [0, 0.1) is 0 Å². The molecule has 0 amide bonds. The van der Waals surface area contributed by atoms with Gasteiger partial charge in [0.2, 0.25) is 0 Å². The van der Waals surface area contributed by atoms with Gasteiger partial charge in [-0.3, -0.25) is 0 Å². The number of nitrogens with zero attached hydrogens (tertiary/aromatic N) is 1. The molecule has 1 heterocycles. The Bertz CT molecular complexity index is 499. The van der Waals surface area contributed by atoms with E-state index < -0.39 is 12.1 Å². The third-order valence-electron chi connectivity index (χ3n) is 3.68. The summed E-state index contributed by atoms with van der Waals surface area (Å²) in [4.78, 5) is 13.7. The van der Waals surface area contributed by atoms with Crippen LogP contribution in [0.15, 0.2) is 18.2 Å². The largest absolute Gasteiger partial charge is 0.493 e. The fourth-order valence-electron chi connectivity index (χ4n) is 2.53. The molecule has 0 aliphatic carbocycles. The molecule has 2 rings (SSSR count). The molecular formula is C16H23NO5. The summed E-state index contributed by atoms with van der Waals surface area (Å²) in [7, 11) is 2.83. The molecule has 0 spiro atoms. The molecule has 0 bridgehead atoms. The number of β-amino-alcohol motifs (C(OH)–C–C–N with tert-alkyl or cyclic N) is 1. The van der Waals surface area contributed by atoms with Crippen molar-refractivity contribution >= 4 is 5.97 Å². The molecule has 1 N–H and O–H groups in total. The van der Waals surface area contributed by atoms with Gasteiger partial charge in [0.25, 0.3) is 0 Å². The zero-order chi connectivity index (χ0) is 15.9. The van der Waals surface area contributed by atoms with Crippen LogP contribution in [0.25, 0.3) is 0 Å². The van der Waals surface area contributed by atoms with Gasteiger partial charge in [-0.1, -0.05) is 0 Å². The van der Waals surface area contributed by atoms with Crippen molar-refractivity contribution in [2.24, 2.45) is 0 Å². The molecule has 6 heteroatoms. The monoisotopic (exact) mass is 309 g/mol. The van der Waals surface area contributed by atoms with Crippen molar-refractivity contribution in [2.45, 2.75) is 18.9 Å². The zero-order valence-corrected chi connectivity index (χ0v) is 13.1. The summed E-state index contributed by atoms with van der Waals surface area (Å²) in [5, 5.41) is 10.0. The van der Waals surface area contributed by atoms with Gasteiger partial charge in [-0.2, -0.15) is 0 Å². The molecule has 1 atom stereocenters. The van der Waals surface area contributed by atoms with Crippen LogP contribution in [0.4, 0.5) is 0 Å². The van der Waals surface area contributed by atoms with E-state index in [0.717, 1.165) is 13.1 Å². The lowest BCUT2D eigenvalue weighted by Gasteiger charge is -2.20. The van der Waals surface area contributed by atoms with Crippen molar-refractivity contribution in [3.8, 4) is 11.5 Å². The van der Waals surface area contributed by atoms with Gasteiger partial charge in [-0.15, -0.1) is 0 Å². The predicted octanol–water partition coefficient (Wildman–Crippen LogP) is 1.32. The highest BCUT2D eigenvalue weighted by molar-refractivity contribution is 5.90. The summed E-state index contributed by atoms with van der Waals surface area (Å²) in [6.07, 6.45) is 1.83. The van der Waals surface area contributed by atoms with Crippen LogP contribution in [-0.2, 0) is 4.74 Å². The fourth-order valence-corrected chi connectivity index (χ4v) is 2.53. The Labute approximate surface area is 130 Å². The predicted molar refractivity (Wildman–Crippen MR) is 81.5 cm³/mol. The second-order valence-corrected chi connectivity index (χ2v) is 5.33. The molecule has 22 heavy (non-hydrogen) atoms. The topological polar surface area (TPSA) is 68.2 Å². The third kappa shape index (κ3) is 4.35. The SMILES string of the molecule is COC(=O)c1ccc(OCC(O)CN2CCCC2)c(OC)c1. The fraction of sp³-hybridized carbons (Fsp3) is 0.562. The Balaban J connectivity index is 1.92. The standard InChI is InChI=1S/C16H23NO5/c1-20-15-9-12(16(19)21-2)5-6-14(15)22-11-13(18)10-17-7-3-4-8-17/h5-6,9,13,18H,3-4,7-8,10-11H2,1-2H3. The quantitative estimate of drug-likeness (QED) is 0.766. The summed E-state index contributed by atoms with van der Waals surface area (Å²) < 4.78 is 15.5. The van der Waals surface area contributed by atoms with Gasteiger partial charge in [0, 0.05) is 6.54 Å². The minimum absolute atomic E-state index is 0.185. The first-order valence-electron chi connectivity index (χ1n) is 7.43. The number of carbonyl (C=O) groups is 1. The molecule has 1 aromatic rings. The normalized spacial score (nSPS) is 16.3. The molecule has 1 aliphatic rings. The van der Waals surface area contributed by atoms with Gasteiger partial charge < -0.3 is 24.2 Å². The van der Waals surface area contributed by atoms with Gasteiger partial charge in [-0.05, 0) is 44.1 Å². The van der Waals surface area contributed by atoms with Crippen LogP contribution in [-0.4, -0.2) is 62.5 Å². The number of likely N-dealkylation sites (tertiary alicyclic amines) is 1. The van der Waals surface area contributed by atoms with Crippen molar-refractivity contribution in [3.63, 3.8) is 0 Å². The third-order valence-corrected chi connectivity index (χ3v) is 3.68. The lowest BCUT2D eigenvalue weighted by Crippen LogP contribution is -2.33. The Morgan fingerprint density at radius 3 is 2.64 bits per heavy atom. The van der Waals surface area contributed by atoms with Crippen molar-refractivity contribution in [1.82, 2.24) is 4.90 Å². The minimum atomic E-state index is -0.553. The average Bonchev–Trinajstić information content (AvgIpc) is 3.04. The summed E-state index contributed by atoms with van der Waals surface area (Å²) in [5.41, 5.74) is 0.393. The van der Waals surface area contributed by atoms with E-state index in [1.54, 1.807) is 18.2 Å². The Hall–Kier alpha value is -1.79. The molecule has 1 unspecified atom stereocenters. The second-order valence-electron chi connectivity index (χ2n) is 5.33. The molecule has 0 saturated carbocycles. The summed E-state index contributed by atoms with van der Waals surface area (Å²) in [6.45, 7) is 2.87. The summed E-state index contributed by atoms with van der Waals surface area (Å²) >= 11 is 0. The first-order chi connectivity index (χ1) is 10.6. The van der Waals surface area contributed by atoms with E-state index in [2.05, 4.69) is 9.64 Å². The number of ether oxygens (including phenoxy) is 3. The number of rotatable bonds is 7. The molecular weight excluding hydrogens is 286 g/mol. The van der Waals surface area contributed by atoms with E-state index in [1.165, 1.54) is 27.1 Å². The number of hydrogen-bond acceptors (Lipinski definition) is 6. The van der Waals surface area contributed by atoms with E-state index >= 15 is 0 Å². The van der Waals surface area contributed by atoms with Gasteiger partial charge in [0.05, 0.1) is 19.8 Å². The highest BCUT2D eigenvalue weighted by atomic mass is 16.5. The Morgan fingerprint density at radius 1 is 1.27 bits per heavy atom. The van der Waals surface area contributed by atoms with Gasteiger partial charge >= 0.3 is 5.97 Å². The lowest BCUT2D eigenvalue weighted by molar-refractivity contribution is 0.0599. The van der Waals surface area contributed by atoms with E-state index in [-0.39, 0.29) is 6.61 Å². The number of aliphatic hydroxyl groups is 1. The van der Waals surface area contributed by atoms with Crippen LogP contribution >= 0.6 is 0 Å². The van der Waals surface area contributed by atoms with Crippen molar-refractivity contribution in [1.29, 1.82) is 0 Å². The van der Waals surface area contributed by atoms with Crippen LogP contribution in [0.5, 0.6) is 11.5 Å². The van der Waals surface area contributed by atoms with Crippen LogP contribution < -0.4 is 9.47 Å². The van der Waals surface area contributed by atoms with Gasteiger partial charge in [-0.25, -0.2) is 4.79 Å².